The van der Waals surface area contributed by atoms with Gasteiger partial charge >= 0.3 is 0 Å². The first-order chi connectivity index (χ1) is 7.22. The van der Waals surface area contributed by atoms with E-state index in [0.717, 1.165) is 17.8 Å². The van der Waals surface area contributed by atoms with Gasteiger partial charge in [-0.25, -0.2) is 0 Å². The summed E-state index contributed by atoms with van der Waals surface area (Å²) in [5, 5.41) is 4.15. The average Bonchev–Trinajstić information content (AvgIpc) is 2.27. The number of aromatic nitrogens is 1. The second-order valence-corrected chi connectivity index (χ2v) is 4.43. The molecule has 0 aliphatic heterocycles. The smallest absolute Gasteiger partial charge is 0.153 e. The normalized spacial score (nSPS) is 11.2. The Kier molecular flexibility index (Phi) is 5.28. The van der Waals surface area contributed by atoms with Gasteiger partial charge in [0.05, 0.1) is 0 Å². The summed E-state index contributed by atoms with van der Waals surface area (Å²) in [6.45, 7) is 1.95. The number of nitrogens with one attached hydrogen (secondary N) is 1. The summed E-state index contributed by atoms with van der Waals surface area (Å²) in [6.07, 6.45) is 4.44. The number of hydrazone groups is 1. The van der Waals surface area contributed by atoms with Crippen LogP contribution in [0.15, 0.2) is 29.5 Å². The first-order valence-electron chi connectivity index (χ1n) is 4.49. The molecule has 1 heterocycles. The maximum absolute atomic E-state index is 4.97. The number of thioether (sulfide) groups is 1. The number of hydrogen-bond donors (Lipinski definition) is 1. The lowest BCUT2D eigenvalue weighted by Crippen LogP contribution is -2.14. The number of pyridine rings is 1. The molecular formula is C10H13N3S2. The molecule has 1 aromatic heterocycles. The zero-order chi connectivity index (χ0) is 11.1. The van der Waals surface area contributed by atoms with Crippen LogP contribution in [0.4, 0.5) is 0 Å². The van der Waals surface area contributed by atoms with E-state index in [1.165, 1.54) is 11.8 Å². The minimum atomic E-state index is 0.676. The molecule has 15 heavy (non-hydrogen) atoms. The molecular weight excluding hydrogens is 226 g/mol. The molecule has 0 unspecified atom stereocenters. The average molecular weight is 239 g/mol. The van der Waals surface area contributed by atoms with E-state index in [9.17, 15) is 0 Å². The summed E-state index contributed by atoms with van der Waals surface area (Å²) in [5.41, 5.74) is 4.78. The van der Waals surface area contributed by atoms with E-state index in [2.05, 4.69) is 15.5 Å². The second kappa shape index (κ2) is 6.53. The van der Waals surface area contributed by atoms with Crippen molar-refractivity contribution in [2.75, 3.05) is 6.26 Å². The standard InChI is InChI=1S/C10H13N3S2/c1-8(12-13-10(14)15-2)7-9-5-3-4-6-11-9/h3-6H,7H2,1-2H3,(H,13,14)/b12-8-. The highest BCUT2D eigenvalue weighted by atomic mass is 32.2. The first-order valence-corrected chi connectivity index (χ1v) is 6.12. The van der Waals surface area contributed by atoms with E-state index in [1.54, 1.807) is 6.20 Å². The molecule has 0 aliphatic rings. The topological polar surface area (TPSA) is 37.3 Å². The molecule has 0 bridgehead atoms. The Morgan fingerprint density at radius 1 is 1.60 bits per heavy atom. The molecule has 0 radical (unpaired) electrons. The van der Waals surface area contributed by atoms with Gasteiger partial charge in [0.1, 0.15) is 0 Å². The fourth-order valence-corrected chi connectivity index (χ4v) is 1.17. The van der Waals surface area contributed by atoms with Gasteiger partial charge in [-0.2, -0.15) is 5.10 Å². The Balaban J connectivity index is 2.48. The monoisotopic (exact) mass is 239 g/mol. The fraction of sp³-hybridized carbons (Fsp3) is 0.300. The van der Waals surface area contributed by atoms with Gasteiger partial charge in [0.25, 0.3) is 0 Å². The summed E-state index contributed by atoms with van der Waals surface area (Å²) < 4.78 is 0.676. The molecule has 0 amide bonds. The minimum absolute atomic E-state index is 0.676. The Morgan fingerprint density at radius 2 is 2.40 bits per heavy atom. The summed E-state index contributed by atoms with van der Waals surface area (Å²) in [7, 11) is 0. The van der Waals surface area contributed by atoms with E-state index in [-0.39, 0.29) is 0 Å². The van der Waals surface area contributed by atoms with Crippen molar-refractivity contribution in [2.24, 2.45) is 5.10 Å². The van der Waals surface area contributed by atoms with E-state index in [0.29, 0.717) is 4.32 Å². The molecule has 3 nitrogen and oxygen atoms in total. The van der Waals surface area contributed by atoms with Gasteiger partial charge in [0.15, 0.2) is 4.32 Å². The predicted molar refractivity (Wildman–Crippen MR) is 70.3 cm³/mol. The van der Waals surface area contributed by atoms with Crippen LogP contribution in [0.5, 0.6) is 0 Å². The quantitative estimate of drug-likeness (QED) is 0.498. The van der Waals surface area contributed by atoms with Crippen molar-refractivity contribution in [3.05, 3.63) is 30.1 Å². The lowest BCUT2D eigenvalue weighted by molar-refractivity contribution is 1.03. The number of hydrogen-bond acceptors (Lipinski definition) is 4. The summed E-state index contributed by atoms with van der Waals surface area (Å²) in [5.74, 6) is 0. The fourth-order valence-electron chi connectivity index (χ4n) is 0.991. The summed E-state index contributed by atoms with van der Waals surface area (Å²) in [6, 6.07) is 5.85. The molecule has 0 saturated heterocycles. The molecule has 5 heteroatoms. The SMILES string of the molecule is CSC(=S)N/N=C(/C)Cc1ccccn1. The van der Waals surface area contributed by atoms with Crippen molar-refractivity contribution in [3.8, 4) is 0 Å². The Labute approximate surface area is 99.4 Å². The van der Waals surface area contributed by atoms with Crippen LogP contribution in [0.2, 0.25) is 0 Å². The summed E-state index contributed by atoms with van der Waals surface area (Å²) in [4.78, 5) is 4.22. The third kappa shape index (κ3) is 4.90. The van der Waals surface area contributed by atoms with Gasteiger partial charge in [-0.05, 0) is 25.3 Å². The first kappa shape index (κ1) is 12.1. The van der Waals surface area contributed by atoms with Gasteiger partial charge in [-0.1, -0.05) is 30.0 Å². The van der Waals surface area contributed by atoms with Crippen molar-refractivity contribution in [1.29, 1.82) is 0 Å². The lowest BCUT2D eigenvalue weighted by atomic mass is 10.2. The van der Waals surface area contributed by atoms with E-state index in [1.807, 2.05) is 31.4 Å². The van der Waals surface area contributed by atoms with Gasteiger partial charge in [0, 0.05) is 24.0 Å². The summed E-state index contributed by atoms with van der Waals surface area (Å²) >= 11 is 6.44. The number of thiocarbonyl (C=S) groups is 1. The zero-order valence-corrected chi connectivity index (χ0v) is 10.4. The van der Waals surface area contributed by atoms with Gasteiger partial charge < -0.3 is 0 Å². The van der Waals surface area contributed by atoms with Crippen LogP contribution in [0.3, 0.4) is 0 Å². The predicted octanol–water partition coefficient (Wildman–Crippen LogP) is 2.24. The van der Waals surface area contributed by atoms with E-state index >= 15 is 0 Å². The largest absolute Gasteiger partial charge is 0.262 e. The molecule has 0 atom stereocenters. The third-order valence-electron chi connectivity index (χ3n) is 1.69. The third-order valence-corrected chi connectivity index (χ3v) is 2.74. The van der Waals surface area contributed by atoms with E-state index < -0.39 is 0 Å². The second-order valence-electron chi connectivity index (χ2n) is 2.95. The van der Waals surface area contributed by atoms with Crippen LogP contribution in [0.1, 0.15) is 12.6 Å². The molecule has 0 aliphatic carbocycles. The minimum Gasteiger partial charge on any atom is -0.262 e. The van der Waals surface area contributed by atoms with Crippen molar-refractivity contribution < 1.29 is 0 Å². The lowest BCUT2D eigenvalue weighted by Gasteiger charge is -2.02. The van der Waals surface area contributed by atoms with Gasteiger partial charge in [0.2, 0.25) is 0 Å². The van der Waals surface area contributed by atoms with E-state index in [4.69, 9.17) is 12.2 Å². The van der Waals surface area contributed by atoms with Crippen molar-refractivity contribution in [2.45, 2.75) is 13.3 Å². The highest BCUT2D eigenvalue weighted by Crippen LogP contribution is 1.97. The zero-order valence-electron chi connectivity index (χ0n) is 8.73. The molecule has 80 valence electrons. The highest BCUT2D eigenvalue weighted by Gasteiger charge is 1.96. The molecule has 1 rings (SSSR count). The highest BCUT2D eigenvalue weighted by molar-refractivity contribution is 8.22. The Morgan fingerprint density at radius 3 is 3.00 bits per heavy atom. The van der Waals surface area contributed by atoms with Gasteiger partial charge in [-0.15, -0.1) is 0 Å². The molecule has 0 spiro atoms. The van der Waals surface area contributed by atoms with Crippen molar-refractivity contribution in [3.63, 3.8) is 0 Å². The van der Waals surface area contributed by atoms with Gasteiger partial charge in [-0.3, -0.25) is 10.4 Å². The van der Waals surface area contributed by atoms with Crippen LogP contribution < -0.4 is 5.43 Å². The maximum Gasteiger partial charge on any atom is 0.153 e. The van der Waals surface area contributed by atoms with Crippen LogP contribution >= 0.6 is 24.0 Å². The van der Waals surface area contributed by atoms with Crippen LogP contribution in [0.25, 0.3) is 0 Å². The van der Waals surface area contributed by atoms with Crippen LogP contribution in [-0.2, 0) is 6.42 Å². The van der Waals surface area contributed by atoms with Crippen LogP contribution in [-0.4, -0.2) is 21.3 Å². The van der Waals surface area contributed by atoms with Crippen molar-refractivity contribution >= 4 is 34.0 Å². The number of rotatable bonds is 3. The Bertz CT molecular complexity index is 349. The molecule has 0 aromatic carbocycles. The maximum atomic E-state index is 4.97. The Hall–Kier alpha value is -0.940. The molecule has 0 saturated carbocycles. The van der Waals surface area contributed by atoms with Crippen LogP contribution in [0, 0.1) is 0 Å². The molecule has 0 fully saturated rings. The molecule has 1 aromatic rings. The van der Waals surface area contributed by atoms with Crippen molar-refractivity contribution in [1.82, 2.24) is 10.4 Å². The number of nitrogens with zero attached hydrogens (tertiary/aromatic N) is 2. The molecule has 1 N–H and O–H groups in total.